The van der Waals surface area contributed by atoms with Crippen LogP contribution in [0.3, 0.4) is 0 Å². The van der Waals surface area contributed by atoms with Crippen LogP contribution < -0.4 is 9.64 Å². The van der Waals surface area contributed by atoms with Gasteiger partial charge >= 0.3 is 12.1 Å². The smallest absolute Gasteiger partial charge is 0.416 e. The molecule has 0 unspecified atom stereocenters. The van der Waals surface area contributed by atoms with Crippen LogP contribution in [0.25, 0.3) is 0 Å². The maximum atomic E-state index is 14.1. The second-order valence-corrected chi connectivity index (χ2v) is 20.1. The average molecular weight is 721 g/mol. The maximum absolute atomic E-state index is 14.1. The van der Waals surface area contributed by atoms with Gasteiger partial charge in [-0.3, -0.25) is 4.90 Å². The molecule has 1 N–H and O–H groups in total. The molecular formula is C29H42FIN2O6SSi. The quantitative estimate of drug-likeness (QED) is 0.127. The third-order valence-corrected chi connectivity index (χ3v) is 14.2. The number of anilines is 1. The van der Waals surface area contributed by atoms with Crippen LogP contribution >= 0.6 is 33.9 Å². The molecule has 0 saturated carbocycles. The molecule has 41 heavy (non-hydrogen) atoms. The monoisotopic (exact) mass is 720 g/mol. The van der Waals surface area contributed by atoms with Crippen molar-refractivity contribution in [3.05, 3.63) is 38.2 Å². The molecule has 1 aromatic heterocycles. The molecule has 0 atom stereocenters. The van der Waals surface area contributed by atoms with Gasteiger partial charge < -0.3 is 19.4 Å². The van der Waals surface area contributed by atoms with E-state index in [0.717, 1.165) is 14.9 Å². The average Bonchev–Trinajstić information content (AvgIpc) is 3.24. The lowest BCUT2D eigenvalue weighted by Gasteiger charge is -2.35. The number of aromatic nitrogens is 1. The first-order valence-electron chi connectivity index (χ1n) is 13.7. The van der Waals surface area contributed by atoms with Crippen molar-refractivity contribution in [3.8, 4) is 5.75 Å². The Morgan fingerprint density at radius 3 is 2.32 bits per heavy atom. The number of carboxylic acid groups (broad SMARTS) is 1. The van der Waals surface area contributed by atoms with Crippen LogP contribution in [0, 0.1) is 9.39 Å². The molecule has 2 rings (SSSR count). The second-order valence-electron chi connectivity index (χ2n) is 12.5. The Labute approximate surface area is 261 Å². The summed E-state index contributed by atoms with van der Waals surface area (Å²) in [7, 11) is -2.11. The van der Waals surface area contributed by atoms with Crippen molar-refractivity contribution in [2.75, 3.05) is 18.1 Å². The van der Waals surface area contributed by atoms with E-state index in [-0.39, 0.29) is 34.8 Å². The summed E-state index contributed by atoms with van der Waals surface area (Å²) in [5.74, 6) is -1.52. The van der Waals surface area contributed by atoms with Gasteiger partial charge in [0.15, 0.2) is 22.4 Å². The third-order valence-electron chi connectivity index (χ3n) is 7.04. The van der Waals surface area contributed by atoms with Gasteiger partial charge in [-0.15, -0.1) is 11.3 Å². The number of halogens is 2. The standard InChI is InChI=1S/C29H42FIN2O6SSi/c1-28(2,3)39-27(37)33(16-10-9-13-23(34)41(7,8)29(4,5)6)26-32-24(25(35)36)22(40-26)12-11-17-38-21-15-14-19(31)18-20(21)30/h14-15,18H,9-13,16-17H2,1-8H3,(H,35,36). The zero-order valence-electron chi connectivity index (χ0n) is 25.2. The van der Waals surface area contributed by atoms with Gasteiger partial charge in [-0.25, -0.2) is 19.0 Å². The van der Waals surface area contributed by atoms with Crippen molar-refractivity contribution in [1.82, 2.24) is 4.98 Å². The van der Waals surface area contributed by atoms with E-state index >= 15 is 0 Å². The Hall–Kier alpha value is -2.06. The Morgan fingerprint density at radius 2 is 1.76 bits per heavy atom. The van der Waals surface area contributed by atoms with Crippen molar-refractivity contribution >= 4 is 64.6 Å². The van der Waals surface area contributed by atoms with Crippen molar-refractivity contribution in [2.24, 2.45) is 0 Å². The van der Waals surface area contributed by atoms with Gasteiger partial charge in [0.05, 0.1) is 6.61 Å². The molecule has 2 aromatic rings. The summed E-state index contributed by atoms with van der Waals surface area (Å²) in [5.41, 5.74) is -0.891. The number of carbonyl (C=O) groups excluding carboxylic acids is 2. The van der Waals surface area contributed by atoms with Gasteiger partial charge in [-0.2, -0.15) is 0 Å². The van der Waals surface area contributed by atoms with Gasteiger partial charge in [0.2, 0.25) is 0 Å². The van der Waals surface area contributed by atoms with Crippen LogP contribution in [0.15, 0.2) is 18.2 Å². The van der Waals surface area contributed by atoms with Crippen LogP contribution in [-0.4, -0.2) is 54.4 Å². The number of rotatable bonds is 13. The molecule has 0 saturated heterocycles. The highest BCUT2D eigenvalue weighted by Crippen LogP contribution is 2.37. The molecule has 1 amide bonds. The van der Waals surface area contributed by atoms with E-state index in [1.165, 1.54) is 11.0 Å². The molecule has 228 valence electrons. The molecule has 8 nitrogen and oxygen atoms in total. The van der Waals surface area contributed by atoms with Crippen molar-refractivity contribution in [2.45, 2.75) is 97.4 Å². The lowest BCUT2D eigenvalue weighted by molar-refractivity contribution is -0.113. The number of aromatic carboxylic acids is 1. The molecule has 0 aliphatic carbocycles. The molecule has 0 aliphatic rings. The highest BCUT2D eigenvalue weighted by Gasteiger charge is 2.41. The van der Waals surface area contributed by atoms with Crippen molar-refractivity contribution in [1.29, 1.82) is 0 Å². The molecular weight excluding hydrogens is 678 g/mol. The second kappa shape index (κ2) is 14.4. The Bertz CT molecular complexity index is 1240. The van der Waals surface area contributed by atoms with E-state index in [4.69, 9.17) is 9.47 Å². The first-order chi connectivity index (χ1) is 18.8. The molecule has 1 heterocycles. The lowest BCUT2D eigenvalue weighted by Crippen LogP contribution is -2.46. The summed E-state index contributed by atoms with van der Waals surface area (Å²) < 4.78 is 26.0. The summed E-state index contributed by atoms with van der Waals surface area (Å²) >= 11 is 3.13. The number of hydrogen-bond donors (Lipinski definition) is 1. The summed E-state index contributed by atoms with van der Waals surface area (Å²) in [6.07, 6.45) is 1.70. The highest BCUT2D eigenvalue weighted by molar-refractivity contribution is 14.1. The van der Waals surface area contributed by atoms with E-state index < -0.39 is 31.6 Å². The fourth-order valence-electron chi connectivity index (χ4n) is 3.67. The molecule has 0 spiro atoms. The summed E-state index contributed by atoms with van der Waals surface area (Å²) in [4.78, 5) is 44.2. The molecule has 0 bridgehead atoms. The molecule has 0 aliphatic heterocycles. The first-order valence-corrected chi connectivity index (χ1v) is 18.6. The van der Waals surface area contributed by atoms with E-state index in [0.29, 0.717) is 42.4 Å². The normalized spacial score (nSPS) is 12.2. The molecule has 1 aromatic carbocycles. The number of ether oxygens (including phenoxy) is 2. The zero-order valence-corrected chi connectivity index (χ0v) is 29.2. The fourth-order valence-corrected chi connectivity index (χ4v) is 6.87. The van der Waals surface area contributed by atoms with Gasteiger partial charge in [0.1, 0.15) is 19.1 Å². The number of nitrogens with zero attached hydrogens (tertiary/aromatic N) is 2. The minimum Gasteiger partial charge on any atom is -0.491 e. The van der Waals surface area contributed by atoms with Crippen molar-refractivity contribution in [3.63, 3.8) is 0 Å². The summed E-state index contributed by atoms with van der Waals surface area (Å²) in [6, 6.07) is 4.68. The number of carbonyl (C=O) groups is 3. The number of unbranched alkanes of at least 4 members (excludes halogenated alkanes) is 1. The summed E-state index contributed by atoms with van der Waals surface area (Å²) in [6.45, 7) is 16.2. The van der Waals surface area contributed by atoms with Crippen molar-refractivity contribution < 1.29 is 33.4 Å². The van der Waals surface area contributed by atoms with E-state index in [1.54, 1.807) is 32.9 Å². The largest absolute Gasteiger partial charge is 0.491 e. The number of benzene rings is 1. The van der Waals surface area contributed by atoms with Crippen LogP contribution in [0.1, 0.15) is 82.6 Å². The maximum Gasteiger partial charge on any atom is 0.416 e. The van der Waals surface area contributed by atoms with Crippen LogP contribution in [0.2, 0.25) is 18.1 Å². The number of aryl methyl sites for hydroxylation is 1. The fraction of sp³-hybridized carbons (Fsp3) is 0.586. The predicted molar refractivity (Wildman–Crippen MR) is 172 cm³/mol. The van der Waals surface area contributed by atoms with Gasteiger partial charge in [0, 0.05) is 21.4 Å². The van der Waals surface area contributed by atoms with E-state index in [9.17, 15) is 23.9 Å². The topological polar surface area (TPSA) is 106 Å². The van der Waals surface area contributed by atoms with Gasteiger partial charge in [-0.05, 0) is 92.3 Å². The van der Waals surface area contributed by atoms with Gasteiger partial charge in [0.25, 0.3) is 0 Å². The van der Waals surface area contributed by atoms with E-state index in [1.807, 2.05) is 22.6 Å². The van der Waals surface area contributed by atoms with E-state index in [2.05, 4.69) is 38.8 Å². The SMILES string of the molecule is CC(C)(C)OC(=O)N(CCCCC(=O)[Si](C)(C)C(C)(C)C)c1nc(C(=O)O)c(CCCOc2ccc(I)cc2F)s1. The van der Waals surface area contributed by atoms with Crippen LogP contribution in [0.5, 0.6) is 5.75 Å². The minimum absolute atomic E-state index is 0.0454. The Morgan fingerprint density at radius 1 is 1.10 bits per heavy atom. The van der Waals surface area contributed by atoms with Crippen LogP contribution in [0.4, 0.5) is 14.3 Å². The first kappa shape index (κ1) is 35.1. The lowest BCUT2D eigenvalue weighted by atomic mass is 10.2. The number of carboxylic acids is 1. The number of hydrogen-bond acceptors (Lipinski definition) is 7. The molecule has 0 radical (unpaired) electrons. The molecule has 12 heteroatoms. The summed E-state index contributed by atoms with van der Waals surface area (Å²) in [5, 5.41) is 10.3. The van der Waals surface area contributed by atoms with Gasteiger partial charge in [-0.1, -0.05) is 33.9 Å². The highest BCUT2D eigenvalue weighted by atomic mass is 127. The number of amides is 1. The minimum atomic E-state index is -2.11. The Kier molecular flexibility index (Phi) is 12.3. The zero-order chi connectivity index (χ0) is 31.2. The Balaban J connectivity index is 2.15. The van der Waals surface area contributed by atoms with Crippen LogP contribution in [-0.2, 0) is 16.0 Å². The predicted octanol–water partition coefficient (Wildman–Crippen LogP) is 8.13. The third kappa shape index (κ3) is 10.3. The number of thiazole rings is 1. The molecule has 0 fully saturated rings.